The number of nitrogens with zero attached hydrogens (tertiary/aromatic N) is 1. The third kappa shape index (κ3) is 9.26. The van der Waals surface area contributed by atoms with Gasteiger partial charge in [0.15, 0.2) is 5.13 Å². The molecule has 0 aliphatic rings. The monoisotopic (exact) mass is 710 g/mol. The summed E-state index contributed by atoms with van der Waals surface area (Å²) >= 11 is 6.19. The molecular formula is C36H31BrN4O3S2. The first kappa shape index (κ1) is 32.9. The summed E-state index contributed by atoms with van der Waals surface area (Å²) in [5.74, 6) is -0.420. The van der Waals surface area contributed by atoms with Crippen LogP contribution in [0.5, 0.6) is 0 Å². The van der Waals surface area contributed by atoms with Gasteiger partial charge in [0.2, 0.25) is 5.91 Å². The molecule has 232 valence electrons. The highest BCUT2D eigenvalue weighted by atomic mass is 79.9. The van der Waals surface area contributed by atoms with E-state index in [1.807, 2.05) is 72.1 Å². The summed E-state index contributed by atoms with van der Waals surface area (Å²) in [4.78, 5) is 44.3. The van der Waals surface area contributed by atoms with E-state index in [4.69, 9.17) is 0 Å². The Labute approximate surface area is 284 Å². The van der Waals surface area contributed by atoms with Crippen LogP contribution in [0.1, 0.15) is 41.3 Å². The largest absolute Gasteiger partial charge is 0.321 e. The Kier molecular flexibility index (Phi) is 11.2. The number of hydrogen-bond donors (Lipinski definition) is 3. The molecule has 3 N–H and O–H groups in total. The summed E-state index contributed by atoms with van der Waals surface area (Å²) in [5, 5.41) is 11.0. The predicted octanol–water partition coefficient (Wildman–Crippen LogP) is 8.84. The Morgan fingerprint density at radius 2 is 1.57 bits per heavy atom. The lowest BCUT2D eigenvalue weighted by atomic mass is 10.0. The Morgan fingerprint density at radius 1 is 0.870 bits per heavy atom. The number of aromatic nitrogens is 1. The molecule has 1 heterocycles. The van der Waals surface area contributed by atoms with Crippen molar-refractivity contribution >= 4 is 73.6 Å². The smallest absolute Gasteiger partial charge is 0.272 e. The van der Waals surface area contributed by atoms with Crippen molar-refractivity contribution in [2.75, 3.05) is 16.4 Å². The maximum atomic E-state index is 13.4. The van der Waals surface area contributed by atoms with Crippen molar-refractivity contribution in [2.24, 2.45) is 0 Å². The fourth-order valence-electron chi connectivity index (χ4n) is 4.31. The summed E-state index contributed by atoms with van der Waals surface area (Å²) in [6.45, 7) is 4.23. The number of amides is 3. The summed E-state index contributed by atoms with van der Waals surface area (Å²) in [6.07, 6.45) is 1.66. The van der Waals surface area contributed by atoms with Gasteiger partial charge < -0.3 is 16.0 Å². The van der Waals surface area contributed by atoms with Crippen molar-refractivity contribution in [3.63, 3.8) is 0 Å². The molecule has 0 bridgehead atoms. The number of anilines is 2. The van der Waals surface area contributed by atoms with Crippen molar-refractivity contribution in [3.8, 4) is 11.3 Å². The number of carbonyl (C=O) groups is 3. The molecule has 3 amide bonds. The Balaban J connectivity index is 1.19. The average molecular weight is 712 g/mol. The summed E-state index contributed by atoms with van der Waals surface area (Å²) < 4.78 is 0.990. The highest BCUT2D eigenvalue weighted by Gasteiger charge is 2.16. The number of thioether (sulfide) groups is 1. The van der Waals surface area contributed by atoms with E-state index in [-0.39, 0.29) is 23.3 Å². The highest BCUT2D eigenvalue weighted by Crippen LogP contribution is 2.27. The molecule has 1 aromatic heterocycles. The number of halogens is 1. The van der Waals surface area contributed by atoms with E-state index < -0.39 is 5.91 Å². The van der Waals surface area contributed by atoms with Crippen LogP contribution in [-0.4, -0.2) is 28.5 Å². The molecule has 0 saturated heterocycles. The Morgan fingerprint density at radius 3 is 2.24 bits per heavy atom. The first-order chi connectivity index (χ1) is 22.2. The zero-order chi connectivity index (χ0) is 32.5. The molecule has 4 aromatic carbocycles. The van der Waals surface area contributed by atoms with Crippen molar-refractivity contribution < 1.29 is 14.4 Å². The van der Waals surface area contributed by atoms with E-state index in [2.05, 4.69) is 50.7 Å². The van der Waals surface area contributed by atoms with Crippen LogP contribution < -0.4 is 16.0 Å². The van der Waals surface area contributed by atoms with Crippen molar-refractivity contribution in [1.82, 2.24) is 10.3 Å². The normalized spacial score (nSPS) is 11.3. The molecule has 5 rings (SSSR count). The van der Waals surface area contributed by atoms with Gasteiger partial charge in [0.05, 0.1) is 11.4 Å². The third-order valence-corrected chi connectivity index (χ3v) is 9.11. The number of carbonyl (C=O) groups excluding carboxylic acids is 3. The molecule has 0 fully saturated rings. The van der Waals surface area contributed by atoms with Crippen LogP contribution in [0.2, 0.25) is 0 Å². The topological polar surface area (TPSA) is 100 Å². The molecule has 7 nitrogen and oxygen atoms in total. The van der Waals surface area contributed by atoms with Crippen molar-refractivity contribution in [3.05, 3.63) is 135 Å². The molecule has 0 unspecified atom stereocenters. The van der Waals surface area contributed by atoms with E-state index in [1.54, 1.807) is 42.5 Å². The lowest BCUT2D eigenvalue weighted by Gasteiger charge is -2.12. The predicted molar refractivity (Wildman–Crippen MR) is 192 cm³/mol. The van der Waals surface area contributed by atoms with Gasteiger partial charge >= 0.3 is 0 Å². The molecular weight excluding hydrogens is 680 g/mol. The maximum absolute atomic E-state index is 13.4. The number of nitrogens with one attached hydrogen (secondary N) is 3. The van der Waals surface area contributed by atoms with Crippen LogP contribution in [0.15, 0.2) is 124 Å². The van der Waals surface area contributed by atoms with Crippen LogP contribution in [0, 0.1) is 0 Å². The third-order valence-electron chi connectivity index (χ3n) is 6.82. The van der Waals surface area contributed by atoms with E-state index in [1.165, 1.54) is 28.7 Å². The van der Waals surface area contributed by atoms with Crippen LogP contribution in [-0.2, 0) is 9.59 Å². The van der Waals surface area contributed by atoms with Gasteiger partial charge in [-0.05, 0) is 71.7 Å². The first-order valence-corrected chi connectivity index (χ1v) is 17.1. The van der Waals surface area contributed by atoms with Crippen LogP contribution >= 0.6 is 39.0 Å². The van der Waals surface area contributed by atoms with E-state index in [0.29, 0.717) is 22.3 Å². The fraction of sp³-hybridized carbons (Fsp3) is 0.111. The second-order valence-corrected chi connectivity index (χ2v) is 13.4. The van der Waals surface area contributed by atoms with Gasteiger partial charge in [-0.3, -0.25) is 14.4 Å². The van der Waals surface area contributed by atoms with E-state index in [9.17, 15) is 14.4 Å². The van der Waals surface area contributed by atoms with Gasteiger partial charge in [-0.25, -0.2) is 4.98 Å². The van der Waals surface area contributed by atoms with Gasteiger partial charge in [-0.2, -0.15) is 0 Å². The van der Waals surface area contributed by atoms with Crippen LogP contribution in [0.3, 0.4) is 0 Å². The fourth-order valence-corrected chi connectivity index (χ4v) is 6.01. The summed E-state index contributed by atoms with van der Waals surface area (Å²) in [6, 6.07) is 31.7. The average Bonchev–Trinajstić information content (AvgIpc) is 3.53. The first-order valence-electron chi connectivity index (χ1n) is 14.5. The molecule has 0 aliphatic heterocycles. The molecule has 5 aromatic rings. The lowest BCUT2D eigenvalue weighted by molar-refractivity contribution is -0.114. The van der Waals surface area contributed by atoms with Crippen molar-refractivity contribution in [1.29, 1.82) is 0 Å². The summed E-state index contributed by atoms with van der Waals surface area (Å²) in [7, 11) is 0. The molecule has 0 aliphatic carbocycles. The SMILES string of the molecule is CC(C)c1ccc(/C=C(\NC(=O)c2ccccc2)C(=O)Nc2ccc(SCC(=O)Nc3nc(-c4ccc(Br)cc4)cs3)cc2)cc1. The van der Waals surface area contributed by atoms with Gasteiger partial charge in [-0.1, -0.05) is 84.4 Å². The maximum Gasteiger partial charge on any atom is 0.272 e. The van der Waals surface area contributed by atoms with Gasteiger partial charge in [0.25, 0.3) is 11.8 Å². The number of rotatable bonds is 11. The number of thiazole rings is 1. The second kappa shape index (κ2) is 15.7. The second-order valence-electron chi connectivity index (χ2n) is 10.6. The van der Waals surface area contributed by atoms with Crippen molar-refractivity contribution in [2.45, 2.75) is 24.7 Å². The van der Waals surface area contributed by atoms with Crippen LogP contribution in [0.4, 0.5) is 10.8 Å². The molecule has 0 radical (unpaired) electrons. The van der Waals surface area contributed by atoms with Crippen LogP contribution in [0.25, 0.3) is 17.3 Å². The minimum atomic E-state index is -0.456. The van der Waals surface area contributed by atoms with Gasteiger partial charge in [-0.15, -0.1) is 23.1 Å². The highest BCUT2D eigenvalue weighted by molar-refractivity contribution is 9.10. The van der Waals surface area contributed by atoms with Gasteiger partial charge in [0, 0.05) is 31.6 Å². The Bertz CT molecular complexity index is 1840. The zero-order valence-corrected chi connectivity index (χ0v) is 28.3. The Hall–Kier alpha value is -4.51. The van der Waals surface area contributed by atoms with Gasteiger partial charge in [0.1, 0.15) is 5.70 Å². The minimum absolute atomic E-state index is 0.117. The van der Waals surface area contributed by atoms with E-state index >= 15 is 0 Å². The number of hydrogen-bond acceptors (Lipinski definition) is 6. The van der Waals surface area contributed by atoms with E-state index in [0.717, 1.165) is 26.2 Å². The lowest BCUT2D eigenvalue weighted by Crippen LogP contribution is -2.30. The standard InChI is InChI=1S/C36H31BrN4O3S2/c1-23(2)25-10-8-24(9-11-25)20-31(39-34(43)27-6-4-3-5-7-27)35(44)38-29-16-18-30(19-17-29)45-22-33(42)41-36-40-32(21-46-36)26-12-14-28(37)15-13-26/h3-21,23H,22H2,1-2H3,(H,38,44)(H,39,43)(H,40,41,42)/b31-20-. The number of benzene rings is 4. The quantitative estimate of drug-likeness (QED) is 0.0940. The molecule has 0 atom stereocenters. The molecule has 0 saturated carbocycles. The molecule has 0 spiro atoms. The minimum Gasteiger partial charge on any atom is -0.321 e. The molecule has 46 heavy (non-hydrogen) atoms. The molecule has 10 heteroatoms. The zero-order valence-electron chi connectivity index (χ0n) is 25.1. The summed E-state index contributed by atoms with van der Waals surface area (Å²) in [5.41, 5.74) is 4.87.